The number of halogens is 1. The summed E-state index contributed by atoms with van der Waals surface area (Å²) < 4.78 is 15.9. The van der Waals surface area contributed by atoms with Crippen LogP contribution in [0.4, 0.5) is 4.39 Å². The fraction of sp³-hybridized carbons (Fsp3) is 0.316. The number of allylic oxidation sites excluding steroid dienone is 4. The number of carbonyl (C=O) groups is 2. The molecule has 0 fully saturated rings. The molecule has 1 heterocycles. The molecule has 0 saturated carbocycles. The van der Waals surface area contributed by atoms with Gasteiger partial charge in [-0.3, -0.25) is 4.68 Å². The van der Waals surface area contributed by atoms with E-state index in [2.05, 4.69) is 18.9 Å². The van der Waals surface area contributed by atoms with Gasteiger partial charge >= 0.3 is 11.9 Å². The van der Waals surface area contributed by atoms with Crippen LogP contribution in [0.2, 0.25) is 0 Å². The fourth-order valence-corrected chi connectivity index (χ4v) is 2.99. The molecule has 144 valence electrons. The van der Waals surface area contributed by atoms with Gasteiger partial charge in [0.2, 0.25) is 0 Å². The van der Waals surface area contributed by atoms with E-state index in [1.165, 1.54) is 0 Å². The maximum atomic E-state index is 14.0. The van der Waals surface area contributed by atoms with E-state index < -0.39 is 11.9 Å². The Kier molecular flexibility index (Phi) is 5.80. The van der Waals surface area contributed by atoms with E-state index >= 15 is 0 Å². The molecule has 1 aromatic rings. The molecule has 1 atom stereocenters. The lowest BCUT2D eigenvalue weighted by Crippen LogP contribution is -2.34. The van der Waals surface area contributed by atoms with Crippen molar-refractivity contribution < 1.29 is 24.2 Å². The number of aromatic nitrogens is 2. The van der Waals surface area contributed by atoms with Crippen molar-refractivity contribution in [2.75, 3.05) is 0 Å². The lowest BCUT2D eigenvalue weighted by atomic mass is 9.77. The number of hydrogen-bond acceptors (Lipinski definition) is 4. The molecule has 4 N–H and O–H groups in total. The second kappa shape index (κ2) is 7.71. The summed E-state index contributed by atoms with van der Waals surface area (Å²) in [5, 5.41) is 22.0. The smallest absolute Gasteiger partial charge is 0.328 e. The molecule has 1 unspecified atom stereocenters. The summed E-state index contributed by atoms with van der Waals surface area (Å²) in [4.78, 5) is 19.1. The number of nitrogens with two attached hydrogens (primary N) is 1. The van der Waals surface area contributed by atoms with Gasteiger partial charge in [0.15, 0.2) is 0 Å². The molecule has 2 aliphatic rings. The van der Waals surface area contributed by atoms with E-state index in [1.807, 2.05) is 30.0 Å². The Balaban J connectivity index is 0.000000279. The maximum absolute atomic E-state index is 14.0. The Morgan fingerprint density at radius 2 is 1.93 bits per heavy atom. The van der Waals surface area contributed by atoms with Crippen LogP contribution in [0.25, 0.3) is 11.6 Å². The summed E-state index contributed by atoms with van der Waals surface area (Å²) in [5.41, 5.74) is 7.37. The predicted octanol–water partition coefficient (Wildman–Crippen LogP) is 0.706. The predicted molar refractivity (Wildman–Crippen MR) is 98.5 cm³/mol. The highest BCUT2D eigenvalue weighted by Crippen LogP contribution is 2.41. The largest absolute Gasteiger partial charge is 0.478 e. The first-order valence-corrected chi connectivity index (χ1v) is 8.30. The van der Waals surface area contributed by atoms with Crippen molar-refractivity contribution in [3.05, 3.63) is 52.5 Å². The highest BCUT2D eigenvalue weighted by Gasteiger charge is 2.32. The number of carboxylic acids is 2. The van der Waals surface area contributed by atoms with Crippen LogP contribution >= 0.6 is 0 Å². The third-order valence-electron chi connectivity index (χ3n) is 4.08. The Bertz CT molecular complexity index is 965. The minimum Gasteiger partial charge on any atom is -0.478 e. The standard InChI is InChI=1S/C15H18FN3.C4H4O4/c1-9(17)8-19-13-6-10-12(16)4-5-15(2,3)14(10)11(13)7-18-19;5-3(6)1-2-4(7)8/h4-7,9H,8,17H2,1-3H3;1-2H,(H,5,6)(H,7,8). The van der Waals surface area contributed by atoms with Crippen LogP contribution < -0.4 is 16.3 Å². The highest BCUT2D eigenvalue weighted by molar-refractivity contribution is 5.89. The minimum atomic E-state index is -1.26. The van der Waals surface area contributed by atoms with Gasteiger partial charge in [-0.15, -0.1) is 0 Å². The van der Waals surface area contributed by atoms with Crippen molar-refractivity contribution in [1.82, 2.24) is 9.78 Å². The zero-order valence-electron chi connectivity index (χ0n) is 15.3. The average Bonchev–Trinajstić information content (AvgIpc) is 3.10. The van der Waals surface area contributed by atoms with Gasteiger partial charge in [-0.1, -0.05) is 19.9 Å². The van der Waals surface area contributed by atoms with Crippen LogP contribution in [-0.4, -0.2) is 38.0 Å². The van der Waals surface area contributed by atoms with Crippen LogP contribution in [0.3, 0.4) is 0 Å². The van der Waals surface area contributed by atoms with Gasteiger partial charge in [-0.2, -0.15) is 5.10 Å². The van der Waals surface area contributed by atoms with Crippen molar-refractivity contribution in [2.24, 2.45) is 11.1 Å². The van der Waals surface area contributed by atoms with E-state index in [4.69, 9.17) is 15.9 Å². The van der Waals surface area contributed by atoms with E-state index in [-0.39, 0.29) is 17.3 Å². The number of aliphatic carboxylic acids is 2. The molecule has 0 aliphatic heterocycles. The molecule has 3 rings (SSSR count). The summed E-state index contributed by atoms with van der Waals surface area (Å²) >= 11 is 0. The third-order valence-corrected chi connectivity index (χ3v) is 4.08. The van der Waals surface area contributed by atoms with Gasteiger partial charge in [0, 0.05) is 34.4 Å². The number of carboxylic acid groups (broad SMARTS) is 2. The quantitative estimate of drug-likeness (QED) is 0.667. The van der Waals surface area contributed by atoms with E-state index in [0.717, 1.165) is 16.1 Å². The molecule has 0 aromatic carbocycles. The first-order chi connectivity index (χ1) is 12.5. The lowest BCUT2D eigenvalue weighted by Gasteiger charge is -2.27. The molecule has 2 aliphatic carbocycles. The zero-order valence-corrected chi connectivity index (χ0v) is 15.3. The van der Waals surface area contributed by atoms with Crippen molar-refractivity contribution in [3.63, 3.8) is 0 Å². The molecule has 7 nitrogen and oxygen atoms in total. The van der Waals surface area contributed by atoms with Crippen LogP contribution in [0, 0.1) is 5.41 Å². The van der Waals surface area contributed by atoms with Gasteiger partial charge in [0.25, 0.3) is 0 Å². The zero-order chi connectivity index (χ0) is 20.4. The third kappa shape index (κ3) is 4.59. The SMILES string of the molecule is CC(N)Cn1ncc2c1=CC1=C(F)C=CC(C)(C)C=21.O=C(O)C=CC(=O)O. The summed E-state index contributed by atoms with van der Waals surface area (Å²) in [7, 11) is 0. The molecular formula is C19H22FN3O4. The van der Waals surface area contributed by atoms with Crippen LogP contribution in [-0.2, 0) is 16.1 Å². The monoisotopic (exact) mass is 375 g/mol. The molecule has 0 bridgehead atoms. The molecule has 0 amide bonds. The normalized spacial score (nSPS) is 17.7. The van der Waals surface area contributed by atoms with E-state index in [1.54, 1.807) is 6.08 Å². The van der Waals surface area contributed by atoms with Crippen molar-refractivity contribution >= 4 is 23.6 Å². The second-order valence-corrected chi connectivity index (χ2v) is 6.95. The topological polar surface area (TPSA) is 118 Å². The Labute approximate surface area is 155 Å². The maximum Gasteiger partial charge on any atom is 0.328 e. The summed E-state index contributed by atoms with van der Waals surface area (Å²) in [6, 6.07) is 0.0231. The van der Waals surface area contributed by atoms with Gasteiger partial charge < -0.3 is 15.9 Å². The lowest BCUT2D eigenvalue weighted by molar-refractivity contribution is -0.134. The average molecular weight is 375 g/mol. The van der Waals surface area contributed by atoms with Crippen LogP contribution in [0.1, 0.15) is 20.8 Å². The van der Waals surface area contributed by atoms with Crippen molar-refractivity contribution in [3.8, 4) is 0 Å². The molecule has 27 heavy (non-hydrogen) atoms. The molecule has 0 spiro atoms. The number of hydrogen-bond donors (Lipinski definition) is 3. The molecule has 1 aromatic heterocycles. The first kappa shape index (κ1) is 20.3. The van der Waals surface area contributed by atoms with Crippen molar-refractivity contribution in [1.29, 1.82) is 0 Å². The van der Waals surface area contributed by atoms with Crippen LogP contribution in [0.5, 0.6) is 0 Å². The molecule has 8 heteroatoms. The van der Waals surface area contributed by atoms with Gasteiger partial charge in [-0.05, 0) is 24.6 Å². The van der Waals surface area contributed by atoms with Crippen molar-refractivity contribution in [2.45, 2.75) is 33.4 Å². The summed E-state index contributed by atoms with van der Waals surface area (Å²) in [6.07, 6.45) is 8.30. The molecule has 0 radical (unpaired) electrons. The van der Waals surface area contributed by atoms with Gasteiger partial charge in [0.1, 0.15) is 5.83 Å². The van der Waals surface area contributed by atoms with Crippen LogP contribution in [0.15, 0.2) is 41.9 Å². The summed E-state index contributed by atoms with van der Waals surface area (Å²) in [6.45, 7) is 6.77. The first-order valence-electron chi connectivity index (χ1n) is 8.30. The number of rotatable bonds is 4. The molecular weight excluding hydrogens is 353 g/mol. The van der Waals surface area contributed by atoms with Gasteiger partial charge in [-0.25, -0.2) is 14.0 Å². The Morgan fingerprint density at radius 1 is 1.33 bits per heavy atom. The highest BCUT2D eigenvalue weighted by atomic mass is 19.1. The Morgan fingerprint density at radius 3 is 2.44 bits per heavy atom. The fourth-order valence-electron chi connectivity index (χ4n) is 2.99. The molecule has 0 saturated heterocycles. The second-order valence-electron chi connectivity index (χ2n) is 6.95. The number of fused-ring (bicyclic) bond motifs is 2. The summed E-state index contributed by atoms with van der Waals surface area (Å²) in [5.74, 6) is -2.68. The minimum absolute atomic E-state index is 0.0231. The number of nitrogens with zero attached hydrogens (tertiary/aromatic N) is 2. The van der Waals surface area contributed by atoms with E-state index in [9.17, 15) is 14.0 Å². The van der Waals surface area contributed by atoms with E-state index in [0.29, 0.717) is 24.3 Å². The van der Waals surface area contributed by atoms with Gasteiger partial charge in [0.05, 0.1) is 18.1 Å². The Hall–Kier alpha value is -3.00.